The Morgan fingerprint density at radius 3 is 3.00 bits per heavy atom. The molecule has 0 bridgehead atoms. The monoisotopic (exact) mass is 397 g/mol. The first-order valence-corrected chi connectivity index (χ1v) is 8.43. The van der Waals surface area contributed by atoms with Crippen LogP contribution in [0, 0.1) is 6.92 Å². The van der Waals surface area contributed by atoms with E-state index < -0.39 is 0 Å². The van der Waals surface area contributed by atoms with E-state index in [9.17, 15) is 4.79 Å². The molecule has 2 aromatic rings. The zero-order valence-electron chi connectivity index (χ0n) is 12.9. The van der Waals surface area contributed by atoms with Gasteiger partial charge in [-0.1, -0.05) is 27.3 Å². The molecule has 1 N–H and O–H groups in total. The Bertz CT molecular complexity index is 731. The predicted molar refractivity (Wildman–Crippen MR) is 94.7 cm³/mol. The van der Waals surface area contributed by atoms with Crippen LogP contribution in [0.3, 0.4) is 0 Å². The van der Waals surface area contributed by atoms with Crippen molar-refractivity contribution in [3.05, 3.63) is 38.8 Å². The van der Waals surface area contributed by atoms with E-state index in [1.54, 1.807) is 27.2 Å². The lowest BCUT2D eigenvalue weighted by Gasteiger charge is -2.04. The number of carbonyl (C=O) groups excluding carboxylic acids is 1. The van der Waals surface area contributed by atoms with Crippen LogP contribution in [-0.4, -0.2) is 30.9 Å². The van der Waals surface area contributed by atoms with E-state index in [2.05, 4.69) is 31.4 Å². The van der Waals surface area contributed by atoms with Gasteiger partial charge < -0.3 is 9.47 Å². The fraction of sp³-hybridized carbons (Fsp3) is 0.267. The average molecular weight is 398 g/mol. The van der Waals surface area contributed by atoms with Crippen LogP contribution in [0.2, 0.25) is 0 Å². The van der Waals surface area contributed by atoms with Crippen molar-refractivity contribution in [2.75, 3.05) is 19.1 Å². The number of rotatable bonds is 6. The fourth-order valence-electron chi connectivity index (χ4n) is 1.79. The predicted octanol–water partition coefficient (Wildman–Crippen LogP) is 3.85. The molecule has 0 atom stereocenters. The first-order chi connectivity index (χ1) is 11.0. The van der Waals surface area contributed by atoms with Gasteiger partial charge in [-0.2, -0.15) is 5.10 Å². The lowest BCUT2D eigenvalue weighted by atomic mass is 10.2. The molecule has 0 fully saturated rings. The van der Waals surface area contributed by atoms with E-state index in [-0.39, 0.29) is 5.97 Å². The summed E-state index contributed by atoms with van der Waals surface area (Å²) in [4.78, 5) is 16.5. The number of hydrogen-bond acceptors (Lipinski definition) is 7. The maximum Gasteiger partial charge on any atom is 0.350 e. The van der Waals surface area contributed by atoms with Crippen molar-refractivity contribution in [3.8, 4) is 5.75 Å². The third-order valence-electron chi connectivity index (χ3n) is 2.81. The number of benzene rings is 1. The van der Waals surface area contributed by atoms with Crippen molar-refractivity contribution < 1.29 is 14.3 Å². The van der Waals surface area contributed by atoms with Crippen LogP contribution in [0.5, 0.6) is 5.75 Å². The second kappa shape index (κ2) is 8.07. The highest BCUT2D eigenvalue weighted by Crippen LogP contribution is 2.24. The van der Waals surface area contributed by atoms with Crippen molar-refractivity contribution in [2.45, 2.75) is 13.8 Å². The average Bonchev–Trinajstić information content (AvgIpc) is 2.89. The summed E-state index contributed by atoms with van der Waals surface area (Å²) < 4.78 is 11.2. The molecule has 0 unspecified atom stereocenters. The van der Waals surface area contributed by atoms with Gasteiger partial charge in [0.15, 0.2) is 0 Å². The molecule has 1 aromatic carbocycles. The number of aryl methyl sites for hydroxylation is 1. The summed E-state index contributed by atoms with van der Waals surface area (Å²) in [5, 5.41) is 4.67. The Kier molecular flexibility index (Phi) is 6.12. The number of hydrazone groups is 1. The van der Waals surface area contributed by atoms with Gasteiger partial charge in [0, 0.05) is 10.0 Å². The molecule has 0 aliphatic carbocycles. The van der Waals surface area contributed by atoms with Gasteiger partial charge in [0.05, 0.1) is 25.6 Å². The molecule has 0 amide bonds. The van der Waals surface area contributed by atoms with E-state index in [0.717, 1.165) is 10.0 Å². The lowest BCUT2D eigenvalue weighted by Crippen LogP contribution is -2.03. The van der Waals surface area contributed by atoms with Gasteiger partial charge >= 0.3 is 5.97 Å². The van der Waals surface area contributed by atoms with Gasteiger partial charge in [-0.3, -0.25) is 5.43 Å². The number of esters is 1. The largest absolute Gasteiger partial charge is 0.496 e. The molecule has 6 nitrogen and oxygen atoms in total. The summed E-state index contributed by atoms with van der Waals surface area (Å²) >= 11 is 4.61. The summed E-state index contributed by atoms with van der Waals surface area (Å²) in [7, 11) is 1.60. The minimum atomic E-state index is -0.367. The van der Waals surface area contributed by atoms with Crippen molar-refractivity contribution in [1.29, 1.82) is 0 Å². The Morgan fingerprint density at radius 1 is 1.52 bits per heavy atom. The van der Waals surface area contributed by atoms with E-state index in [0.29, 0.717) is 28.1 Å². The number of nitrogens with one attached hydrogen (secondary N) is 1. The maximum atomic E-state index is 11.8. The molecule has 0 saturated carbocycles. The highest BCUT2D eigenvalue weighted by atomic mass is 79.9. The number of ether oxygens (including phenoxy) is 2. The van der Waals surface area contributed by atoms with E-state index in [4.69, 9.17) is 9.47 Å². The number of halogens is 1. The SMILES string of the molecule is CCOC(=O)c1sc(N/N=C\c2cc(Br)ccc2OC)nc1C. The summed E-state index contributed by atoms with van der Waals surface area (Å²) in [6.45, 7) is 3.86. The first kappa shape index (κ1) is 17.4. The molecular weight excluding hydrogens is 382 g/mol. The first-order valence-electron chi connectivity index (χ1n) is 6.82. The van der Waals surface area contributed by atoms with Gasteiger partial charge in [0.1, 0.15) is 10.6 Å². The smallest absolute Gasteiger partial charge is 0.350 e. The molecule has 0 saturated heterocycles. The summed E-state index contributed by atoms with van der Waals surface area (Å²) in [6.07, 6.45) is 1.63. The van der Waals surface area contributed by atoms with Crippen LogP contribution in [0.25, 0.3) is 0 Å². The molecule has 122 valence electrons. The van der Waals surface area contributed by atoms with Crippen molar-refractivity contribution in [3.63, 3.8) is 0 Å². The Labute approximate surface area is 146 Å². The van der Waals surface area contributed by atoms with Gasteiger partial charge in [0.2, 0.25) is 5.13 Å². The van der Waals surface area contributed by atoms with Crippen LogP contribution in [0.1, 0.15) is 27.9 Å². The van der Waals surface area contributed by atoms with Crippen molar-refractivity contribution in [2.24, 2.45) is 5.10 Å². The van der Waals surface area contributed by atoms with E-state index >= 15 is 0 Å². The molecule has 0 spiro atoms. The number of nitrogens with zero attached hydrogens (tertiary/aromatic N) is 2. The lowest BCUT2D eigenvalue weighted by molar-refractivity contribution is 0.0531. The minimum absolute atomic E-state index is 0.333. The Balaban J connectivity index is 2.11. The number of methoxy groups -OCH3 is 1. The Hall–Kier alpha value is -1.93. The molecule has 0 aliphatic heterocycles. The van der Waals surface area contributed by atoms with E-state index in [1.165, 1.54) is 11.3 Å². The van der Waals surface area contributed by atoms with Crippen molar-refractivity contribution >= 4 is 44.6 Å². The summed E-state index contributed by atoms with van der Waals surface area (Å²) in [5.74, 6) is 0.342. The van der Waals surface area contributed by atoms with Crippen LogP contribution in [0.4, 0.5) is 5.13 Å². The Morgan fingerprint density at radius 2 is 2.30 bits per heavy atom. The van der Waals surface area contributed by atoms with Crippen LogP contribution < -0.4 is 10.2 Å². The van der Waals surface area contributed by atoms with Gasteiger partial charge in [-0.05, 0) is 32.0 Å². The summed E-state index contributed by atoms with van der Waals surface area (Å²) in [6, 6.07) is 5.62. The number of thiazole rings is 1. The number of carbonyl (C=O) groups is 1. The topological polar surface area (TPSA) is 72.8 Å². The molecule has 1 heterocycles. The van der Waals surface area contributed by atoms with Crippen molar-refractivity contribution in [1.82, 2.24) is 4.98 Å². The molecule has 1 aromatic heterocycles. The van der Waals surface area contributed by atoms with Gasteiger partial charge in [0.25, 0.3) is 0 Å². The van der Waals surface area contributed by atoms with E-state index in [1.807, 2.05) is 18.2 Å². The summed E-state index contributed by atoms with van der Waals surface area (Å²) in [5.41, 5.74) is 4.25. The van der Waals surface area contributed by atoms with Crippen LogP contribution in [-0.2, 0) is 4.74 Å². The third-order valence-corrected chi connectivity index (χ3v) is 4.35. The molecule has 23 heavy (non-hydrogen) atoms. The zero-order chi connectivity index (χ0) is 16.8. The molecular formula is C15H16BrN3O3S. The highest BCUT2D eigenvalue weighted by Gasteiger charge is 2.15. The molecule has 2 rings (SSSR count). The normalized spacial score (nSPS) is 10.8. The quantitative estimate of drug-likeness (QED) is 0.455. The van der Waals surface area contributed by atoms with Gasteiger partial charge in [-0.15, -0.1) is 0 Å². The molecule has 0 aliphatic rings. The number of anilines is 1. The standard InChI is InChI=1S/C15H16BrN3O3S/c1-4-22-14(20)13-9(2)18-15(23-13)19-17-8-10-7-11(16)5-6-12(10)21-3/h5-8H,4H2,1-3H3,(H,18,19)/b17-8-. The second-order valence-corrected chi connectivity index (χ2v) is 6.33. The second-order valence-electron chi connectivity index (χ2n) is 4.41. The van der Waals surface area contributed by atoms with Crippen LogP contribution >= 0.6 is 27.3 Å². The maximum absolute atomic E-state index is 11.8. The molecule has 0 radical (unpaired) electrons. The highest BCUT2D eigenvalue weighted by molar-refractivity contribution is 9.10. The van der Waals surface area contributed by atoms with Gasteiger partial charge in [-0.25, -0.2) is 9.78 Å². The minimum Gasteiger partial charge on any atom is -0.496 e. The zero-order valence-corrected chi connectivity index (χ0v) is 15.3. The number of aromatic nitrogens is 1. The third kappa shape index (κ3) is 4.52. The fourth-order valence-corrected chi connectivity index (χ4v) is 2.98. The molecule has 8 heteroatoms. The van der Waals surface area contributed by atoms with Crippen LogP contribution in [0.15, 0.2) is 27.8 Å². The number of hydrogen-bond donors (Lipinski definition) is 1.